The van der Waals surface area contributed by atoms with Gasteiger partial charge in [-0.25, -0.2) is 4.79 Å². The number of pyridine rings is 1. The van der Waals surface area contributed by atoms with Crippen molar-refractivity contribution in [3.8, 4) is 0 Å². The van der Waals surface area contributed by atoms with Crippen molar-refractivity contribution in [2.24, 2.45) is 0 Å². The van der Waals surface area contributed by atoms with Gasteiger partial charge in [0.1, 0.15) is 5.56 Å². The molecule has 4 nitrogen and oxygen atoms in total. The summed E-state index contributed by atoms with van der Waals surface area (Å²) in [7, 11) is 0. The fraction of sp³-hybridized carbons (Fsp3) is 0.455. The van der Waals surface area contributed by atoms with E-state index in [2.05, 4.69) is 15.9 Å². The van der Waals surface area contributed by atoms with Crippen LogP contribution in [0.4, 0.5) is 0 Å². The lowest BCUT2D eigenvalue weighted by molar-refractivity contribution is 0.0693. The highest BCUT2D eigenvalue weighted by molar-refractivity contribution is 9.10. The molecule has 1 aromatic heterocycles. The van der Waals surface area contributed by atoms with Gasteiger partial charge < -0.3 is 9.67 Å². The standard InChI is InChI=1S/C11H14BrNO3/c1-4-11(2,3)13-6-7(12)5-8(9(13)14)10(15)16/h5-6H,4H2,1-3H3,(H,15,16). The van der Waals surface area contributed by atoms with Crippen LogP contribution in [0.3, 0.4) is 0 Å². The third-order valence-electron chi connectivity index (χ3n) is 2.73. The van der Waals surface area contributed by atoms with Crippen molar-refractivity contribution in [1.82, 2.24) is 4.57 Å². The van der Waals surface area contributed by atoms with Crippen LogP contribution in [-0.2, 0) is 5.54 Å². The fourth-order valence-corrected chi connectivity index (χ4v) is 1.76. The van der Waals surface area contributed by atoms with Crippen molar-refractivity contribution < 1.29 is 9.90 Å². The van der Waals surface area contributed by atoms with E-state index in [0.717, 1.165) is 6.42 Å². The molecule has 1 heterocycles. The topological polar surface area (TPSA) is 59.3 Å². The number of aromatic nitrogens is 1. The Labute approximate surface area is 102 Å². The lowest BCUT2D eigenvalue weighted by Crippen LogP contribution is -2.38. The van der Waals surface area contributed by atoms with E-state index in [1.165, 1.54) is 10.6 Å². The summed E-state index contributed by atoms with van der Waals surface area (Å²) in [4.78, 5) is 22.8. The first-order valence-corrected chi connectivity index (χ1v) is 5.75. The van der Waals surface area contributed by atoms with Crippen molar-refractivity contribution in [3.05, 3.63) is 32.7 Å². The number of carbonyl (C=O) groups is 1. The molecule has 1 N–H and O–H groups in total. The molecule has 0 saturated carbocycles. The molecule has 0 aliphatic heterocycles. The maximum atomic E-state index is 11.9. The van der Waals surface area contributed by atoms with Gasteiger partial charge in [0.2, 0.25) is 0 Å². The van der Waals surface area contributed by atoms with E-state index in [9.17, 15) is 9.59 Å². The molecule has 0 saturated heterocycles. The predicted molar refractivity (Wildman–Crippen MR) is 65.0 cm³/mol. The van der Waals surface area contributed by atoms with Gasteiger partial charge in [0.15, 0.2) is 0 Å². The van der Waals surface area contributed by atoms with Crippen molar-refractivity contribution in [2.45, 2.75) is 32.7 Å². The van der Waals surface area contributed by atoms with Crippen molar-refractivity contribution in [1.29, 1.82) is 0 Å². The summed E-state index contributed by atoms with van der Waals surface area (Å²) >= 11 is 3.21. The zero-order chi connectivity index (χ0) is 12.5. The molecule has 0 aliphatic rings. The van der Waals surface area contributed by atoms with Crippen molar-refractivity contribution >= 4 is 21.9 Å². The molecule has 0 atom stereocenters. The lowest BCUT2D eigenvalue weighted by atomic mass is 10.0. The van der Waals surface area contributed by atoms with Gasteiger partial charge in [0.05, 0.1) is 0 Å². The van der Waals surface area contributed by atoms with E-state index in [1.54, 1.807) is 6.20 Å². The molecule has 0 radical (unpaired) electrons. The Balaban J connectivity index is 3.54. The highest BCUT2D eigenvalue weighted by Gasteiger charge is 2.22. The quantitative estimate of drug-likeness (QED) is 0.929. The van der Waals surface area contributed by atoms with E-state index in [-0.39, 0.29) is 5.56 Å². The normalized spacial score (nSPS) is 11.5. The van der Waals surface area contributed by atoms with Crippen LogP contribution in [0, 0.1) is 0 Å². The lowest BCUT2D eigenvalue weighted by Gasteiger charge is -2.26. The Bertz CT molecular complexity index is 477. The number of hydrogen-bond donors (Lipinski definition) is 1. The summed E-state index contributed by atoms with van der Waals surface area (Å²) in [6, 6.07) is 1.33. The zero-order valence-corrected chi connectivity index (χ0v) is 11.0. The molecule has 0 bridgehead atoms. The zero-order valence-electron chi connectivity index (χ0n) is 9.45. The summed E-state index contributed by atoms with van der Waals surface area (Å²) < 4.78 is 2.05. The van der Waals surface area contributed by atoms with Crippen molar-refractivity contribution in [3.63, 3.8) is 0 Å². The minimum absolute atomic E-state index is 0.212. The third kappa shape index (κ3) is 2.35. The number of carboxylic acid groups (broad SMARTS) is 1. The summed E-state index contributed by atoms with van der Waals surface area (Å²) in [5.74, 6) is -1.20. The Morgan fingerprint density at radius 1 is 1.56 bits per heavy atom. The van der Waals surface area contributed by atoms with E-state index < -0.39 is 17.1 Å². The Morgan fingerprint density at radius 3 is 2.56 bits per heavy atom. The van der Waals surface area contributed by atoms with Crippen LogP contribution < -0.4 is 5.56 Å². The van der Waals surface area contributed by atoms with Gasteiger partial charge >= 0.3 is 5.97 Å². The van der Waals surface area contributed by atoms with Crippen LogP contribution in [0.25, 0.3) is 0 Å². The maximum absolute atomic E-state index is 11.9. The van der Waals surface area contributed by atoms with Gasteiger partial charge in [-0.1, -0.05) is 6.92 Å². The summed E-state index contributed by atoms with van der Waals surface area (Å²) in [5.41, 5.74) is -1.08. The number of nitrogens with zero attached hydrogens (tertiary/aromatic N) is 1. The van der Waals surface area contributed by atoms with Crippen LogP contribution in [0.1, 0.15) is 37.6 Å². The number of rotatable bonds is 3. The van der Waals surface area contributed by atoms with Crippen LogP contribution in [-0.4, -0.2) is 15.6 Å². The summed E-state index contributed by atoms with van der Waals surface area (Å²) in [6.07, 6.45) is 2.36. The van der Waals surface area contributed by atoms with E-state index in [1.807, 2.05) is 20.8 Å². The van der Waals surface area contributed by atoms with Gasteiger partial charge in [0, 0.05) is 16.2 Å². The predicted octanol–water partition coefficient (Wildman–Crippen LogP) is 2.45. The average Bonchev–Trinajstić information content (AvgIpc) is 2.20. The van der Waals surface area contributed by atoms with E-state index >= 15 is 0 Å². The van der Waals surface area contributed by atoms with Gasteiger partial charge in [-0.15, -0.1) is 0 Å². The van der Waals surface area contributed by atoms with E-state index in [0.29, 0.717) is 4.47 Å². The van der Waals surface area contributed by atoms with Crippen molar-refractivity contribution in [2.75, 3.05) is 0 Å². The first-order valence-electron chi connectivity index (χ1n) is 4.95. The maximum Gasteiger partial charge on any atom is 0.341 e. The number of aromatic carboxylic acids is 1. The molecule has 0 unspecified atom stereocenters. The fourth-order valence-electron chi connectivity index (χ4n) is 1.32. The van der Waals surface area contributed by atoms with Crippen LogP contribution >= 0.6 is 15.9 Å². The van der Waals surface area contributed by atoms with Gasteiger partial charge in [-0.3, -0.25) is 4.79 Å². The molecule has 16 heavy (non-hydrogen) atoms. The molecule has 1 rings (SSSR count). The third-order valence-corrected chi connectivity index (χ3v) is 3.17. The van der Waals surface area contributed by atoms with Crippen LogP contribution in [0.15, 0.2) is 21.5 Å². The molecule has 0 aliphatic carbocycles. The number of carboxylic acids is 1. The summed E-state index contributed by atoms with van der Waals surface area (Å²) in [5, 5.41) is 8.92. The van der Waals surface area contributed by atoms with E-state index in [4.69, 9.17) is 5.11 Å². The second kappa shape index (κ2) is 4.41. The molecular weight excluding hydrogens is 274 g/mol. The first-order chi connectivity index (χ1) is 7.29. The Hall–Kier alpha value is -1.10. The molecule has 0 fully saturated rings. The van der Waals surface area contributed by atoms with Crippen LogP contribution in [0.2, 0.25) is 0 Å². The molecular formula is C11H14BrNO3. The minimum atomic E-state index is -1.20. The Kier molecular flexibility index (Phi) is 3.57. The Morgan fingerprint density at radius 2 is 2.12 bits per heavy atom. The highest BCUT2D eigenvalue weighted by Crippen LogP contribution is 2.20. The summed E-state index contributed by atoms with van der Waals surface area (Å²) in [6.45, 7) is 5.74. The monoisotopic (exact) mass is 287 g/mol. The van der Waals surface area contributed by atoms with Gasteiger partial charge in [-0.2, -0.15) is 0 Å². The van der Waals surface area contributed by atoms with Crippen LogP contribution in [0.5, 0.6) is 0 Å². The molecule has 88 valence electrons. The highest BCUT2D eigenvalue weighted by atomic mass is 79.9. The second-order valence-electron chi connectivity index (χ2n) is 4.22. The number of hydrogen-bond acceptors (Lipinski definition) is 2. The average molecular weight is 288 g/mol. The largest absolute Gasteiger partial charge is 0.477 e. The first kappa shape index (κ1) is 13.0. The molecule has 0 aromatic carbocycles. The van der Waals surface area contributed by atoms with Gasteiger partial charge in [-0.05, 0) is 42.3 Å². The number of halogens is 1. The molecule has 5 heteroatoms. The molecule has 0 amide bonds. The molecule has 0 spiro atoms. The molecule has 1 aromatic rings. The second-order valence-corrected chi connectivity index (χ2v) is 5.13. The smallest absolute Gasteiger partial charge is 0.341 e. The minimum Gasteiger partial charge on any atom is -0.477 e. The SMILES string of the molecule is CCC(C)(C)n1cc(Br)cc(C(=O)O)c1=O. The van der Waals surface area contributed by atoms with Gasteiger partial charge in [0.25, 0.3) is 5.56 Å².